The van der Waals surface area contributed by atoms with Gasteiger partial charge in [-0.2, -0.15) is 5.10 Å². The number of carbonyl (C=O) groups excluding carboxylic acids is 1. The summed E-state index contributed by atoms with van der Waals surface area (Å²) in [6.07, 6.45) is 1.69. The average Bonchev–Trinajstić information content (AvgIpc) is 3.54. The molecule has 0 fully saturated rings. The normalized spacial score (nSPS) is 11.6. The van der Waals surface area contributed by atoms with Crippen molar-refractivity contribution >= 4 is 59.8 Å². The van der Waals surface area contributed by atoms with Gasteiger partial charge in [0.1, 0.15) is 11.6 Å². The second kappa shape index (κ2) is 9.61. The summed E-state index contributed by atoms with van der Waals surface area (Å²) in [5.74, 6) is 0.345. The lowest BCUT2D eigenvalue weighted by molar-refractivity contribution is 0.102. The van der Waals surface area contributed by atoms with E-state index in [1.54, 1.807) is 55.6 Å². The minimum atomic E-state index is -3.87. The molecular formula is C28H22N6O3S2. The molecule has 0 aliphatic carbocycles. The first kappa shape index (κ1) is 24.7. The summed E-state index contributed by atoms with van der Waals surface area (Å²) in [5.41, 5.74) is 3.32. The molecular weight excluding hydrogens is 532 g/mol. The van der Waals surface area contributed by atoms with E-state index >= 15 is 0 Å². The van der Waals surface area contributed by atoms with Crippen molar-refractivity contribution in [3.05, 3.63) is 96.1 Å². The highest BCUT2D eigenvalue weighted by Crippen LogP contribution is 2.37. The van der Waals surface area contributed by atoms with Gasteiger partial charge in [0.15, 0.2) is 0 Å². The number of anilines is 2. The number of aromatic amines is 1. The van der Waals surface area contributed by atoms with E-state index in [1.165, 1.54) is 12.1 Å². The molecule has 3 N–H and O–H groups in total. The van der Waals surface area contributed by atoms with Crippen LogP contribution in [0.15, 0.2) is 83.9 Å². The molecule has 194 valence electrons. The van der Waals surface area contributed by atoms with Gasteiger partial charge < -0.3 is 5.32 Å². The summed E-state index contributed by atoms with van der Waals surface area (Å²) < 4.78 is 29.3. The van der Waals surface area contributed by atoms with Crippen molar-refractivity contribution in [3.8, 4) is 10.4 Å². The topological polar surface area (TPSA) is 130 Å². The molecule has 11 heteroatoms. The van der Waals surface area contributed by atoms with E-state index < -0.39 is 10.0 Å². The lowest BCUT2D eigenvalue weighted by Gasteiger charge is -2.10. The van der Waals surface area contributed by atoms with Crippen LogP contribution in [0.5, 0.6) is 0 Å². The van der Waals surface area contributed by atoms with Crippen molar-refractivity contribution in [3.63, 3.8) is 0 Å². The minimum Gasteiger partial charge on any atom is -0.322 e. The molecule has 0 radical (unpaired) electrons. The molecule has 0 bridgehead atoms. The quantitative estimate of drug-likeness (QED) is 0.235. The number of sulfonamides is 1. The van der Waals surface area contributed by atoms with Crippen molar-refractivity contribution in [2.75, 3.05) is 10.0 Å². The van der Waals surface area contributed by atoms with Crippen LogP contribution in [-0.2, 0) is 10.0 Å². The van der Waals surface area contributed by atoms with E-state index in [0.717, 1.165) is 31.4 Å². The molecule has 0 unspecified atom stereocenters. The molecule has 9 nitrogen and oxygen atoms in total. The van der Waals surface area contributed by atoms with Crippen molar-refractivity contribution in [1.82, 2.24) is 20.2 Å². The second-order valence-corrected chi connectivity index (χ2v) is 11.8. The number of rotatable bonds is 6. The Morgan fingerprint density at radius 1 is 0.923 bits per heavy atom. The Labute approximate surface area is 228 Å². The fourth-order valence-electron chi connectivity index (χ4n) is 4.38. The summed E-state index contributed by atoms with van der Waals surface area (Å²) in [5, 5.41) is 12.0. The minimum absolute atomic E-state index is 0.0429. The summed E-state index contributed by atoms with van der Waals surface area (Å²) in [6.45, 7) is 3.46. The standard InChI is InChI=1S/C28H22N6O3S2/c1-16-11-26(31-17(2)30-16)34-39(36,37)22-9-7-21(8-10-22)32-28(35)19-12-20-15-29-33-27(20)23(13-19)25-14-18-5-3-4-6-24(18)38-25/h3-15H,1-2H3,(H,29,33)(H,32,35)(H,30,31,34). The number of H-pyrrole nitrogens is 1. The van der Waals surface area contributed by atoms with E-state index in [0.29, 0.717) is 22.8 Å². The molecule has 6 aromatic rings. The maximum atomic E-state index is 13.2. The Bertz CT molecular complexity index is 1930. The zero-order chi connectivity index (χ0) is 27.1. The molecule has 0 saturated heterocycles. The van der Waals surface area contributed by atoms with Crippen molar-refractivity contribution in [1.29, 1.82) is 0 Å². The number of carbonyl (C=O) groups is 1. The Hall–Kier alpha value is -4.61. The number of hydrogen-bond acceptors (Lipinski definition) is 7. The van der Waals surface area contributed by atoms with E-state index in [9.17, 15) is 13.2 Å². The molecule has 0 aliphatic heterocycles. The van der Waals surface area contributed by atoms with Crippen LogP contribution in [0.1, 0.15) is 21.9 Å². The lowest BCUT2D eigenvalue weighted by Crippen LogP contribution is -2.15. The largest absolute Gasteiger partial charge is 0.322 e. The van der Waals surface area contributed by atoms with E-state index in [2.05, 4.69) is 48.4 Å². The number of nitrogens with one attached hydrogen (secondary N) is 3. The zero-order valence-corrected chi connectivity index (χ0v) is 22.5. The van der Waals surface area contributed by atoms with Crippen LogP contribution >= 0.6 is 11.3 Å². The second-order valence-electron chi connectivity index (χ2n) is 9.03. The van der Waals surface area contributed by atoms with Gasteiger partial charge in [0.2, 0.25) is 0 Å². The highest BCUT2D eigenvalue weighted by molar-refractivity contribution is 7.92. The monoisotopic (exact) mass is 554 g/mol. The third kappa shape index (κ3) is 4.97. The van der Waals surface area contributed by atoms with Gasteiger partial charge in [-0.05, 0) is 67.8 Å². The number of fused-ring (bicyclic) bond motifs is 2. The molecule has 0 atom stereocenters. The van der Waals surface area contributed by atoms with Crippen molar-refractivity contribution in [2.24, 2.45) is 0 Å². The first-order valence-corrected chi connectivity index (χ1v) is 14.3. The van der Waals surface area contributed by atoms with E-state index in [1.807, 2.05) is 18.2 Å². The first-order valence-electron chi connectivity index (χ1n) is 12.0. The van der Waals surface area contributed by atoms with Gasteiger partial charge in [-0.3, -0.25) is 14.6 Å². The fraction of sp³-hybridized carbons (Fsp3) is 0.0714. The predicted octanol–water partition coefficient (Wildman–Crippen LogP) is 5.90. The smallest absolute Gasteiger partial charge is 0.263 e. The van der Waals surface area contributed by atoms with Crippen LogP contribution < -0.4 is 10.0 Å². The third-order valence-corrected chi connectivity index (χ3v) is 8.65. The molecule has 1 amide bonds. The maximum Gasteiger partial charge on any atom is 0.263 e. The lowest BCUT2D eigenvalue weighted by atomic mass is 10.0. The molecule has 0 aliphatic rings. The number of benzene rings is 3. The number of nitrogens with zero attached hydrogens (tertiary/aromatic N) is 3. The van der Waals surface area contributed by atoms with Crippen molar-refractivity contribution in [2.45, 2.75) is 18.7 Å². The van der Waals surface area contributed by atoms with Crippen LogP contribution in [-0.4, -0.2) is 34.5 Å². The average molecular weight is 555 g/mol. The van der Waals surface area contributed by atoms with Gasteiger partial charge >= 0.3 is 0 Å². The summed E-state index contributed by atoms with van der Waals surface area (Å²) in [4.78, 5) is 22.6. The summed E-state index contributed by atoms with van der Waals surface area (Å²) in [7, 11) is -3.87. The molecule has 6 rings (SSSR count). The molecule has 3 heterocycles. The zero-order valence-electron chi connectivity index (χ0n) is 20.9. The molecule has 0 saturated carbocycles. The van der Waals surface area contributed by atoms with Crippen LogP contribution in [0.25, 0.3) is 31.4 Å². The predicted molar refractivity (Wildman–Crippen MR) is 154 cm³/mol. The summed E-state index contributed by atoms with van der Waals surface area (Å²) in [6, 6.07) is 21.4. The van der Waals surface area contributed by atoms with Crippen LogP contribution in [0.4, 0.5) is 11.5 Å². The van der Waals surface area contributed by atoms with Gasteiger partial charge in [0, 0.05) is 43.5 Å². The number of aromatic nitrogens is 4. The molecule has 39 heavy (non-hydrogen) atoms. The SMILES string of the molecule is Cc1cc(NS(=O)(=O)c2ccc(NC(=O)c3cc(-c4cc5ccccc5s4)c4[nH]ncc4c3)cc2)nc(C)n1. The van der Waals surface area contributed by atoms with Crippen LogP contribution in [0.3, 0.4) is 0 Å². The van der Waals surface area contributed by atoms with Crippen LogP contribution in [0.2, 0.25) is 0 Å². The van der Waals surface area contributed by atoms with Gasteiger partial charge in [-0.25, -0.2) is 18.4 Å². The van der Waals surface area contributed by atoms with Crippen LogP contribution in [0, 0.1) is 13.8 Å². The Kier molecular flexibility index (Phi) is 6.09. The van der Waals surface area contributed by atoms with Gasteiger partial charge in [-0.1, -0.05) is 18.2 Å². The molecule has 0 spiro atoms. The molecule has 3 aromatic carbocycles. The van der Waals surface area contributed by atoms with E-state index in [4.69, 9.17) is 0 Å². The number of hydrogen-bond donors (Lipinski definition) is 3. The molecule has 3 aromatic heterocycles. The van der Waals surface area contributed by atoms with Gasteiger partial charge in [-0.15, -0.1) is 11.3 Å². The number of thiophene rings is 1. The Morgan fingerprint density at radius 3 is 2.49 bits per heavy atom. The summed E-state index contributed by atoms with van der Waals surface area (Å²) >= 11 is 1.65. The Morgan fingerprint density at radius 2 is 1.72 bits per heavy atom. The highest BCUT2D eigenvalue weighted by atomic mass is 32.2. The first-order chi connectivity index (χ1) is 18.7. The van der Waals surface area contributed by atoms with Gasteiger partial charge in [0.25, 0.3) is 15.9 Å². The van der Waals surface area contributed by atoms with E-state index in [-0.39, 0.29) is 16.6 Å². The maximum absolute atomic E-state index is 13.2. The highest BCUT2D eigenvalue weighted by Gasteiger charge is 2.18. The number of amides is 1. The van der Waals surface area contributed by atoms with Gasteiger partial charge in [0.05, 0.1) is 16.6 Å². The third-order valence-electron chi connectivity index (χ3n) is 6.13. The Balaban J connectivity index is 1.25. The fourth-order valence-corrected chi connectivity index (χ4v) is 6.46. The van der Waals surface area contributed by atoms with Crippen molar-refractivity contribution < 1.29 is 13.2 Å². The number of aryl methyl sites for hydroxylation is 2.